The summed E-state index contributed by atoms with van der Waals surface area (Å²) in [6.07, 6.45) is 2.59. The lowest BCUT2D eigenvalue weighted by atomic mass is 9.79. The molecule has 0 aliphatic heterocycles. The van der Waals surface area contributed by atoms with Gasteiger partial charge in [0.25, 0.3) is 0 Å². The molecule has 20 heavy (non-hydrogen) atoms. The summed E-state index contributed by atoms with van der Waals surface area (Å²) >= 11 is 0. The van der Waals surface area contributed by atoms with Crippen molar-refractivity contribution in [1.29, 1.82) is 0 Å². The molecular formula is C16H25NO2S. The molecule has 4 heteroatoms. The topological polar surface area (TPSA) is 60.2 Å². The smallest absolute Gasteiger partial charge is 0.155 e. The van der Waals surface area contributed by atoms with E-state index in [4.69, 9.17) is 5.73 Å². The van der Waals surface area contributed by atoms with E-state index in [1.54, 1.807) is 20.8 Å². The highest BCUT2D eigenvalue weighted by Crippen LogP contribution is 2.41. The molecule has 0 heterocycles. The minimum absolute atomic E-state index is 0.158. The van der Waals surface area contributed by atoms with E-state index in [0.717, 1.165) is 12.8 Å². The largest absolute Gasteiger partial charge is 0.330 e. The highest BCUT2D eigenvalue weighted by Gasteiger charge is 2.39. The number of hydrogen-bond donors (Lipinski definition) is 1. The molecule has 1 atom stereocenters. The van der Waals surface area contributed by atoms with Gasteiger partial charge in [-0.25, -0.2) is 8.42 Å². The van der Waals surface area contributed by atoms with Crippen LogP contribution in [-0.2, 0) is 21.7 Å². The van der Waals surface area contributed by atoms with E-state index < -0.39 is 14.6 Å². The van der Waals surface area contributed by atoms with Crippen molar-refractivity contribution in [2.24, 2.45) is 5.73 Å². The molecule has 0 saturated heterocycles. The van der Waals surface area contributed by atoms with Crippen LogP contribution in [0, 0.1) is 0 Å². The maximum absolute atomic E-state index is 12.3. The first kappa shape index (κ1) is 15.5. The van der Waals surface area contributed by atoms with Crippen molar-refractivity contribution in [3.8, 4) is 0 Å². The van der Waals surface area contributed by atoms with E-state index in [9.17, 15) is 8.42 Å². The second kappa shape index (κ2) is 5.15. The molecule has 0 spiro atoms. The molecule has 0 radical (unpaired) electrons. The number of hydrogen-bond acceptors (Lipinski definition) is 3. The van der Waals surface area contributed by atoms with Crippen LogP contribution < -0.4 is 5.73 Å². The van der Waals surface area contributed by atoms with Gasteiger partial charge in [0.05, 0.1) is 10.5 Å². The van der Waals surface area contributed by atoms with Gasteiger partial charge in [-0.1, -0.05) is 24.3 Å². The van der Waals surface area contributed by atoms with Gasteiger partial charge in [0, 0.05) is 12.0 Å². The van der Waals surface area contributed by atoms with E-state index >= 15 is 0 Å². The summed E-state index contributed by atoms with van der Waals surface area (Å²) in [6.45, 7) is 5.81. The number of nitrogens with two attached hydrogens (primary N) is 1. The van der Waals surface area contributed by atoms with Crippen LogP contribution in [0.5, 0.6) is 0 Å². The van der Waals surface area contributed by atoms with Gasteiger partial charge in [0.2, 0.25) is 0 Å². The highest BCUT2D eigenvalue weighted by molar-refractivity contribution is 7.92. The maximum Gasteiger partial charge on any atom is 0.155 e. The van der Waals surface area contributed by atoms with Crippen LogP contribution >= 0.6 is 0 Å². The van der Waals surface area contributed by atoms with Crippen LogP contribution in [0.1, 0.15) is 44.7 Å². The SMILES string of the molecule is CC(C)(C)S(=O)(=O)CCC1(CN)CCc2ccccc21. The normalized spacial score (nSPS) is 22.8. The Balaban J connectivity index is 2.24. The van der Waals surface area contributed by atoms with Crippen molar-refractivity contribution in [3.63, 3.8) is 0 Å². The first-order valence-electron chi connectivity index (χ1n) is 7.23. The Kier molecular flexibility index (Phi) is 4.00. The predicted octanol–water partition coefficient (Wildman–Crippen LogP) is 2.43. The molecular weight excluding hydrogens is 270 g/mol. The number of benzene rings is 1. The molecule has 1 aliphatic carbocycles. The van der Waals surface area contributed by atoms with Crippen LogP contribution in [0.25, 0.3) is 0 Å². The minimum Gasteiger partial charge on any atom is -0.330 e. The third-order valence-corrected chi connectivity index (χ3v) is 7.24. The van der Waals surface area contributed by atoms with Crippen molar-refractivity contribution < 1.29 is 8.42 Å². The van der Waals surface area contributed by atoms with Gasteiger partial charge in [0.1, 0.15) is 0 Å². The quantitative estimate of drug-likeness (QED) is 0.928. The summed E-state index contributed by atoms with van der Waals surface area (Å²) in [7, 11) is -3.09. The lowest BCUT2D eigenvalue weighted by molar-refractivity contribution is 0.417. The third-order valence-electron chi connectivity index (χ3n) is 4.63. The average Bonchev–Trinajstić information content (AvgIpc) is 2.75. The average molecular weight is 295 g/mol. The fourth-order valence-corrected chi connectivity index (χ4v) is 4.25. The van der Waals surface area contributed by atoms with Gasteiger partial charge in [-0.15, -0.1) is 0 Å². The number of aryl methyl sites for hydroxylation is 1. The van der Waals surface area contributed by atoms with Crippen LogP contribution in [0.2, 0.25) is 0 Å². The zero-order valence-corrected chi connectivity index (χ0v) is 13.5. The molecule has 2 rings (SSSR count). The van der Waals surface area contributed by atoms with Crippen molar-refractivity contribution in [3.05, 3.63) is 35.4 Å². The lowest BCUT2D eigenvalue weighted by Crippen LogP contribution is -2.38. The molecule has 3 nitrogen and oxygen atoms in total. The van der Waals surface area contributed by atoms with E-state index in [-0.39, 0.29) is 11.2 Å². The Morgan fingerprint density at radius 3 is 2.50 bits per heavy atom. The van der Waals surface area contributed by atoms with E-state index in [0.29, 0.717) is 13.0 Å². The molecule has 0 saturated carbocycles. The van der Waals surface area contributed by atoms with Gasteiger partial charge in [-0.05, 0) is 51.2 Å². The molecule has 1 unspecified atom stereocenters. The Labute approximate surface area is 122 Å². The number of fused-ring (bicyclic) bond motifs is 1. The molecule has 0 aromatic heterocycles. The second-order valence-electron chi connectivity index (χ2n) is 6.82. The van der Waals surface area contributed by atoms with E-state index in [1.165, 1.54) is 11.1 Å². The minimum atomic E-state index is -3.09. The molecule has 0 bridgehead atoms. The second-order valence-corrected chi connectivity index (χ2v) is 9.69. The summed E-state index contributed by atoms with van der Waals surface area (Å²) in [5, 5.41) is 0. The van der Waals surface area contributed by atoms with Gasteiger partial charge in [0.15, 0.2) is 9.84 Å². The van der Waals surface area contributed by atoms with Gasteiger partial charge >= 0.3 is 0 Å². The Morgan fingerprint density at radius 2 is 1.90 bits per heavy atom. The van der Waals surface area contributed by atoms with Gasteiger partial charge in [-0.2, -0.15) is 0 Å². The first-order valence-corrected chi connectivity index (χ1v) is 8.88. The van der Waals surface area contributed by atoms with Crippen molar-refractivity contribution in [1.82, 2.24) is 0 Å². The monoisotopic (exact) mass is 295 g/mol. The standard InChI is InChI=1S/C16H25NO2S/c1-15(2,3)20(18,19)11-10-16(12-17)9-8-13-6-4-5-7-14(13)16/h4-7H,8-12,17H2,1-3H3. The molecule has 2 N–H and O–H groups in total. The summed E-state index contributed by atoms with van der Waals surface area (Å²) in [4.78, 5) is 0. The lowest BCUT2D eigenvalue weighted by Gasteiger charge is -2.30. The summed E-state index contributed by atoms with van der Waals surface area (Å²) in [6, 6.07) is 8.30. The number of rotatable bonds is 4. The zero-order valence-electron chi connectivity index (χ0n) is 12.6. The fraction of sp³-hybridized carbons (Fsp3) is 0.625. The molecule has 0 fully saturated rings. The summed E-state index contributed by atoms with van der Waals surface area (Å²) < 4.78 is 24.0. The van der Waals surface area contributed by atoms with Crippen molar-refractivity contribution in [2.75, 3.05) is 12.3 Å². The van der Waals surface area contributed by atoms with Crippen molar-refractivity contribution in [2.45, 2.75) is 50.2 Å². The summed E-state index contributed by atoms with van der Waals surface area (Å²) in [5.74, 6) is 0.210. The van der Waals surface area contributed by atoms with Crippen LogP contribution in [0.15, 0.2) is 24.3 Å². The van der Waals surface area contributed by atoms with Crippen molar-refractivity contribution >= 4 is 9.84 Å². The molecule has 1 aliphatic rings. The predicted molar refractivity (Wildman–Crippen MR) is 83.7 cm³/mol. The van der Waals surface area contributed by atoms with Gasteiger partial charge in [-0.3, -0.25) is 0 Å². The molecule has 0 amide bonds. The Morgan fingerprint density at radius 1 is 1.25 bits per heavy atom. The highest BCUT2D eigenvalue weighted by atomic mass is 32.2. The zero-order chi connectivity index (χ0) is 15.0. The molecule has 112 valence electrons. The molecule has 1 aromatic carbocycles. The third kappa shape index (κ3) is 2.63. The Bertz CT molecular complexity index is 587. The first-order chi connectivity index (χ1) is 9.22. The van der Waals surface area contributed by atoms with Crippen LogP contribution in [-0.4, -0.2) is 25.5 Å². The maximum atomic E-state index is 12.3. The fourth-order valence-electron chi connectivity index (χ4n) is 2.97. The summed E-state index contributed by atoms with van der Waals surface area (Å²) in [5.41, 5.74) is 8.45. The Hall–Kier alpha value is -0.870. The van der Waals surface area contributed by atoms with Crippen LogP contribution in [0.4, 0.5) is 0 Å². The van der Waals surface area contributed by atoms with E-state index in [2.05, 4.69) is 12.1 Å². The van der Waals surface area contributed by atoms with Gasteiger partial charge < -0.3 is 5.73 Å². The van der Waals surface area contributed by atoms with E-state index in [1.807, 2.05) is 12.1 Å². The molecule has 1 aromatic rings. The number of sulfone groups is 1. The van der Waals surface area contributed by atoms with Crippen LogP contribution in [0.3, 0.4) is 0 Å².